The van der Waals surface area contributed by atoms with E-state index < -0.39 is 0 Å². The van der Waals surface area contributed by atoms with E-state index in [1.165, 1.54) is 0 Å². The number of hydrogen-bond acceptors (Lipinski definition) is 3. The fourth-order valence-corrected chi connectivity index (χ4v) is 1.43. The van der Waals surface area contributed by atoms with Crippen LogP contribution in [-0.2, 0) is 4.74 Å². The molecule has 0 aliphatic carbocycles. The molecule has 1 rings (SSSR count). The summed E-state index contributed by atoms with van der Waals surface area (Å²) in [5, 5.41) is 0.743. The topological polar surface area (TPSA) is 44.5 Å². The van der Waals surface area contributed by atoms with Crippen LogP contribution in [0.4, 0.5) is 0 Å². The molecule has 0 amide bonds. The molecule has 16 heavy (non-hydrogen) atoms. The molecule has 0 fully saturated rings. The lowest BCUT2D eigenvalue weighted by molar-refractivity contribution is 0.0337. The Bertz CT molecular complexity index is 331. The van der Waals surface area contributed by atoms with E-state index in [4.69, 9.17) is 26.8 Å². The van der Waals surface area contributed by atoms with Gasteiger partial charge in [0.05, 0.1) is 0 Å². The van der Waals surface area contributed by atoms with Gasteiger partial charge in [-0.25, -0.2) is 0 Å². The molecule has 1 aromatic carbocycles. The Kier molecular flexibility index (Phi) is 5.60. The Hall–Kier alpha value is -0.770. The summed E-state index contributed by atoms with van der Waals surface area (Å²) < 4.78 is 11.0. The Balaban J connectivity index is 2.50. The lowest BCUT2D eigenvalue weighted by Gasteiger charge is -2.16. The maximum absolute atomic E-state index is 5.92. The number of aryl methyl sites for hydroxylation is 1. The second kappa shape index (κ2) is 6.74. The highest BCUT2D eigenvalue weighted by molar-refractivity contribution is 6.31. The van der Waals surface area contributed by atoms with Crippen LogP contribution in [-0.4, -0.2) is 25.9 Å². The van der Waals surface area contributed by atoms with Gasteiger partial charge in [-0.3, -0.25) is 0 Å². The number of rotatable bonds is 6. The highest BCUT2D eigenvalue weighted by atomic mass is 35.5. The number of nitrogens with two attached hydrogens (primary N) is 1. The summed E-state index contributed by atoms with van der Waals surface area (Å²) in [5.41, 5.74) is 6.55. The van der Waals surface area contributed by atoms with E-state index >= 15 is 0 Å². The lowest BCUT2D eigenvalue weighted by atomic mass is 10.2. The van der Waals surface area contributed by atoms with Crippen LogP contribution >= 0.6 is 11.6 Å². The Morgan fingerprint density at radius 3 is 2.75 bits per heavy atom. The largest absolute Gasteiger partial charge is 0.491 e. The van der Waals surface area contributed by atoms with Gasteiger partial charge >= 0.3 is 0 Å². The minimum absolute atomic E-state index is 0.0546. The predicted octanol–water partition coefficient (Wildman–Crippen LogP) is 2.39. The third kappa shape index (κ3) is 4.00. The first-order valence-corrected chi connectivity index (χ1v) is 5.75. The van der Waals surface area contributed by atoms with Gasteiger partial charge < -0.3 is 15.2 Å². The SMILES string of the molecule is CCOC(CN)COc1ccc(Cl)c(C)c1. The highest BCUT2D eigenvalue weighted by Crippen LogP contribution is 2.21. The normalized spacial score (nSPS) is 12.5. The van der Waals surface area contributed by atoms with Crippen LogP contribution in [0.5, 0.6) is 5.75 Å². The standard InChI is InChI=1S/C12H18ClNO2/c1-3-15-11(7-14)8-16-10-4-5-12(13)9(2)6-10/h4-6,11H,3,7-8,14H2,1-2H3. The minimum Gasteiger partial charge on any atom is -0.491 e. The zero-order valence-electron chi connectivity index (χ0n) is 9.70. The van der Waals surface area contributed by atoms with Crippen molar-refractivity contribution in [1.29, 1.82) is 0 Å². The molecule has 0 aliphatic heterocycles. The molecule has 90 valence electrons. The first-order valence-electron chi connectivity index (χ1n) is 5.38. The second-order valence-corrected chi connectivity index (χ2v) is 3.94. The molecule has 0 saturated heterocycles. The third-order valence-electron chi connectivity index (χ3n) is 2.23. The number of benzene rings is 1. The van der Waals surface area contributed by atoms with E-state index in [1.54, 1.807) is 0 Å². The summed E-state index contributed by atoms with van der Waals surface area (Å²) in [5.74, 6) is 0.792. The molecular weight excluding hydrogens is 226 g/mol. The summed E-state index contributed by atoms with van der Waals surface area (Å²) in [6, 6.07) is 5.57. The van der Waals surface area contributed by atoms with Crippen molar-refractivity contribution in [3.8, 4) is 5.75 Å². The maximum atomic E-state index is 5.92. The summed E-state index contributed by atoms with van der Waals surface area (Å²) >= 11 is 5.92. The van der Waals surface area contributed by atoms with E-state index in [2.05, 4.69) is 0 Å². The van der Waals surface area contributed by atoms with E-state index in [1.807, 2.05) is 32.0 Å². The molecule has 0 bridgehead atoms. The summed E-state index contributed by atoms with van der Waals surface area (Å²) in [6.07, 6.45) is -0.0546. The van der Waals surface area contributed by atoms with Crippen molar-refractivity contribution in [2.24, 2.45) is 5.73 Å². The number of ether oxygens (including phenoxy) is 2. The van der Waals surface area contributed by atoms with Crippen LogP contribution in [0.15, 0.2) is 18.2 Å². The Morgan fingerprint density at radius 2 is 2.19 bits per heavy atom. The Morgan fingerprint density at radius 1 is 1.44 bits per heavy atom. The van der Waals surface area contributed by atoms with E-state index in [0.717, 1.165) is 16.3 Å². The van der Waals surface area contributed by atoms with Crippen LogP contribution in [0, 0.1) is 6.92 Å². The van der Waals surface area contributed by atoms with Crippen LogP contribution in [0.1, 0.15) is 12.5 Å². The van der Waals surface area contributed by atoms with E-state index in [0.29, 0.717) is 19.8 Å². The molecule has 1 atom stereocenters. The smallest absolute Gasteiger partial charge is 0.119 e. The van der Waals surface area contributed by atoms with Crippen molar-refractivity contribution in [2.75, 3.05) is 19.8 Å². The number of hydrogen-bond donors (Lipinski definition) is 1. The van der Waals surface area contributed by atoms with Crippen molar-refractivity contribution in [3.63, 3.8) is 0 Å². The van der Waals surface area contributed by atoms with E-state index in [9.17, 15) is 0 Å². The zero-order valence-corrected chi connectivity index (χ0v) is 10.5. The van der Waals surface area contributed by atoms with Gasteiger partial charge in [0.15, 0.2) is 0 Å². The van der Waals surface area contributed by atoms with E-state index in [-0.39, 0.29) is 6.10 Å². The molecule has 2 N–H and O–H groups in total. The highest BCUT2D eigenvalue weighted by Gasteiger charge is 2.07. The van der Waals surface area contributed by atoms with Crippen molar-refractivity contribution in [1.82, 2.24) is 0 Å². The van der Waals surface area contributed by atoms with Gasteiger partial charge in [0.1, 0.15) is 18.5 Å². The minimum atomic E-state index is -0.0546. The average Bonchev–Trinajstić information content (AvgIpc) is 2.28. The molecule has 0 saturated carbocycles. The van der Waals surface area contributed by atoms with Gasteiger partial charge in [-0.15, -0.1) is 0 Å². The Labute approximate surface area is 101 Å². The predicted molar refractivity (Wildman–Crippen MR) is 66.2 cm³/mol. The molecule has 0 aliphatic rings. The van der Waals surface area contributed by atoms with Crippen molar-refractivity contribution in [3.05, 3.63) is 28.8 Å². The van der Waals surface area contributed by atoms with Crippen molar-refractivity contribution < 1.29 is 9.47 Å². The molecule has 3 nitrogen and oxygen atoms in total. The first kappa shape index (κ1) is 13.3. The van der Waals surface area contributed by atoms with Crippen molar-refractivity contribution >= 4 is 11.6 Å². The number of halogens is 1. The van der Waals surface area contributed by atoms with Crippen LogP contribution in [0.25, 0.3) is 0 Å². The van der Waals surface area contributed by atoms with Gasteiger partial charge in [0.25, 0.3) is 0 Å². The van der Waals surface area contributed by atoms with Gasteiger partial charge in [-0.05, 0) is 37.6 Å². The lowest BCUT2D eigenvalue weighted by Crippen LogP contribution is -2.30. The molecule has 0 heterocycles. The van der Waals surface area contributed by atoms with Crippen LogP contribution in [0.2, 0.25) is 5.02 Å². The van der Waals surface area contributed by atoms with Gasteiger partial charge in [-0.2, -0.15) is 0 Å². The molecule has 1 unspecified atom stereocenters. The van der Waals surface area contributed by atoms with Gasteiger partial charge in [-0.1, -0.05) is 11.6 Å². The molecule has 0 radical (unpaired) electrons. The molecule has 4 heteroatoms. The fraction of sp³-hybridized carbons (Fsp3) is 0.500. The quantitative estimate of drug-likeness (QED) is 0.835. The summed E-state index contributed by atoms with van der Waals surface area (Å²) in [7, 11) is 0. The van der Waals surface area contributed by atoms with Crippen LogP contribution < -0.4 is 10.5 Å². The molecule has 0 spiro atoms. The van der Waals surface area contributed by atoms with Crippen LogP contribution in [0.3, 0.4) is 0 Å². The summed E-state index contributed by atoms with van der Waals surface area (Å²) in [6.45, 7) is 5.45. The van der Waals surface area contributed by atoms with Crippen molar-refractivity contribution in [2.45, 2.75) is 20.0 Å². The zero-order chi connectivity index (χ0) is 12.0. The molecule has 1 aromatic rings. The fourth-order valence-electron chi connectivity index (χ4n) is 1.32. The average molecular weight is 244 g/mol. The summed E-state index contributed by atoms with van der Waals surface area (Å²) in [4.78, 5) is 0. The first-order chi connectivity index (χ1) is 7.67. The monoisotopic (exact) mass is 243 g/mol. The molecular formula is C12H18ClNO2. The second-order valence-electron chi connectivity index (χ2n) is 3.54. The van der Waals surface area contributed by atoms with Gasteiger partial charge in [0, 0.05) is 18.2 Å². The molecule has 0 aromatic heterocycles. The van der Waals surface area contributed by atoms with Gasteiger partial charge in [0.2, 0.25) is 0 Å². The maximum Gasteiger partial charge on any atom is 0.119 e. The third-order valence-corrected chi connectivity index (χ3v) is 2.65.